The van der Waals surface area contributed by atoms with Gasteiger partial charge in [0.1, 0.15) is 0 Å². The highest BCUT2D eigenvalue weighted by Crippen LogP contribution is 1.97. The van der Waals surface area contributed by atoms with E-state index in [2.05, 4.69) is 11.3 Å². The Morgan fingerprint density at radius 2 is 2.44 bits per heavy atom. The third-order valence-corrected chi connectivity index (χ3v) is 1.23. The molecule has 0 saturated heterocycles. The van der Waals surface area contributed by atoms with E-state index < -0.39 is 0 Å². The maximum Gasteiger partial charge on any atom is 0.0909 e. The number of nitrogens with zero attached hydrogens (tertiary/aromatic N) is 2. The molecule has 2 heteroatoms. The minimum Gasteiger partial charge on any atom is -0.232 e. The van der Waals surface area contributed by atoms with Gasteiger partial charge in [0.2, 0.25) is 0 Å². The molecule has 0 unspecified atom stereocenters. The molecule has 0 N–H and O–H groups in total. The highest BCUT2D eigenvalue weighted by atomic mass is 15.2. The minimum absolute atomic E-state index is 1.08. The Balaban J connectivity index is 2.95. The minimum atomic E-state index is 1.08. The van der Waals surface area contributed by atoms with E-state index in [1.54, 1.807) is 10.7 Å². The van der Waals surface area contributed by atoms with Gasteiger partial charge in [-0.05, 0) is 18.2 Å². The molecule has 0 saturated carbocycles. The highest BCUT2D eigenvalue weighted by Gasteiger charge is 1.86. The molecule has 2 aromatic rings. The molecule has 0 aliphatic carbocycles. The second-order valence-corrected chi connectivity index (χ2v) is 1.82. The summed E-state index contributed by atoms with van der Waals surface area (Å²) in [5.41, 5.74) is 1.08. The van der Waals surface area contributed by atoms with Gasteiger partial charge < -0.3 is 0 Å². The van der Waals surface area contributed by atoms with Gasteiger partial charge in [-0.15, -0.1) is 0 Å². The van der Waals surface area contributed by atoms with E-state index >= 15 is 0 Å². The Hall–Kier alpha value is -1.31. The lowest BCUT2D eigenvalue weighted by molar-refractivity contribution is 0.953. The van der Waals surface area contributed by atoms with Crippen LogP contribution in [0.15, 0.2) is 30.5 Å². The molecule has 1 radical (unpaired) electrons. The van der Waals surface area contributed by atoms with Crippen molar-refractivity contribution in [2.24, 2.45) is 0 Å². The summed E-state index contributed by atoms with van der Waals surface area (Å²) in [6.45, 7) is 0. The van der Waals surface area contributed by atoms with Gasteiger partial charge in [0.15, 0.2) is 0 Å². The smallest absolute Gasteiger partial charge is 0.0909 e. The molecule has 0 bridgehead atoms. The molecular weight excluding hydrogens is 112 g/mol. The number of hydrogen-bond acceptors (Lipinski definition) is 1. The summed E-state index contributed by atoms with van der Waals surface area (Å²) in [4.78, 5) is 0. The molecule has 2 aromatic heterocycles. The van der Waals surface area contributed by atoms with Gasteiger partial charge >= 0.3 is 0 Å². The number of aromatic nitrogens is 2. The number of pyridine rings is 1. The van der Waals surface area contributed by atoms with Crippen LogP contribution >= 0.6 is 0 Å². The monoisotopic (exact) mass is 117 g/mol. The Kier molecular flexibility index (Phi) is 0.803. The molecule has 2 rings (SSSR count). The molecule has 0 spiro atoms. The zero-order valence-electron chi connectivity index (χ0n) is 4.78. The van der Waals surface area contributed by atoms with Crippen LogP contribution in [-0.4, -0.2) is 9.61 Å². The van der Waals surface area contributed by atoms with Crippen molar-refractivity contribution >= 4 is 5.52 Å². The second-order valence-electron chi connectivity index (χ2n) is 1.82. The van der Waals surface area contributed by atoms with E-state index in [1.165, 1.54) is 0 Å². The first-order valence-corrected chi connectivity index (χ1v) is 2.77. The van der Waals surface area contributed by atoms with Crippen molar-refractivity contribution in [1.82, 2.24) is 9.61 Å². The molecule has 0 aromatic carbocycles. The maximum absolute atomic E-state index is 3.98. The molecule has 0 aliphatic heterocycles. The van der Waals surface area contributed by atoms with Crippen LogP contribution in [0.1, 0.15) is 0 Å². The zero-order valence-corrected chi connectivity index (χ0v) is 4.78. The van der Waals surface area contributed by atoms with Gasteiger partial charge in [-0.2, -0.15) is 5.10 Å². The lowest BCUT2D eigenvalue weighted by atomic mass is 10.4. The normalized spacial score (nSPS) is 10.2. The van der Waals surface area contributed by atoms with Gasteiger partial charge in [-0.3, -0.25) is 0 Å². The molecule has 2 nitrogen and oxygen atoms in total. The zero-order chi connectivity index (χ0) is 6.10. The van der Waals surface area contributed by atoms with Crippen LogP contribution in [-0.2, 0) is 0 Å². The van der Waals surface area contributed by atoms with Crippen molar-refractivity contribution in [3.05, 3.63) is 36.7 Å². The third kappa shape index (κ3) is 0.598. The highest BCUT2D eigenvalue weighted by molar-refractivity contribution is 5.43. The molecule has 0 amide bonds. The van der Waals surface area contributed by atoms with Gasteiger partial charge in [0, 0.05) is 0 Å². The Labute approximate surface area is 52.7 Å². The van der Waals surface area contributed by atoms with E-state index in [9.17, 15) is 0 Å². The molecular formula is C7H5N2. The van der Waals surface area contributed by atoms with Crippen molar-refractivity contribution in [3.63, 3.8) is 0 Å². The lowest BCUT2D eigenvalue weighted by Gasteiger charge is -1.85. The molecule has 0 aliphatic rings. The largest absolute Gasteiger partial charge is 0.232 e. The van der Waals surface area contributed by atoms with Crippen molar-refractivity contribution in [2.75, 3.05) is 0 Å². The first-order valence-electron chi connectivity index (χ1n) is 2.77. The fraction of sp³-hybridized carbons (Fsp3) is 0. The van der Waals surface area contributed by atoms with Crippen molar-refractivity contribution < 1.29 is 0 Å². The molecule has 0 fully saturated rings. The predicted octanol–water partition coefficient (Wildman–Crippen LogP) is 1.13. The quantitative estimate of drug-likeness (QED) is 0.505. The van der Waals surface area contributed by atoms with E-state index in [0.29, 0.717) is 0 Å². The average Bonchev–Trinajstić information content (AvgIpc) is 2.33. The second kappa shape index (κ2) is 1.58. The van der Waals surface area contributed by atoms with Gasteiger partial charge in [-0.25, -0.2) is 4.52 Å². The summed E-state index contributed by atoms with van der Waals surface area (Å²) >= 11 is 0. The SMILES string of the molecule is [c]1cccc2ccnn12. The molecule has 0 atom stereocenters. The van der Waals surface area contributed by atoms with Gasteiger partial charge in [0.25, 0.3) is 0 Å². The predicted molar refractivity (Wildman–Crippen MR) is 34.0 cm³/mol. The first-order chi connectivity index (χ1) is 4.47. The van der Waals surface area contributed by atoms with Crippen molar-refractivity contribution in [3.8, 4) is 0 Å². The van der Waals surface area contributed by atoms with Crippen molar-refractivity contribution in [1.29, 1.82) is 0 Å². The van der Waals surface area contributed by atoms with Crippen LogP contribution in [0.4, 0.5) is 0 Å². The summed E-state index contributed by atoms with van der Waals surface area (Å²) in [5.74, 6) is 0. The van der Waals surface area contributed by atoms with Crippen LogP contribution in [0.25, 0.3) is 5.52 Å². The number of fused-ring (bicyclic) bond motifs is 1. The average molecular weight is 117 g/mol. The van der Waals surface area contributed by atoms with E-state index in [-0.39, 0.29) is 0 Å². The Bertz CT molecular complexity index is 281. The van der Waals surface area contributed by atoms with Crippen molar-refractivity contribution in [2.45, 2.75) is 0 Å². The van der Waals surface area contributed by atoms with Crippen LogP contribution in [0.3, 0.4) is 0 Å². The fourth-order valence-corrected chi connectivity index (χ4v) is 0.808. The van der Waals surface area contributed by atoms with Gasteiger partial charge in [0.05, 0.1) is 17.9 Å². The van der Waals surface area contributed by atoms with E-state index in [0.717, 1.165) is 5.52 Å². The van der Waals surface area contributed by atoms with Crippen LogP contribution in [0.2, 0.25) is 0 Å². The molecule has 9 heavy (non-hydrogen) atoms. The number of rotatable bonds is 0. The standard InChI is InChI=1S/C7H5N2/c1-2-6-9-7(3-1)4-5-8-9/h1-5H. The van der Waals surface area contributed by atoms with E-state index in [1.807, 2.05) is 24.3 Å². The number of hydrogen-bond donors (Lipinski definition) is 0. The summed E-state index contributed by atoms with van der Waals surface area (Å²) in [6.07, 6.45) is 4.69. The summed E-state index contributed by atoms with van der Waals surface area (Å²) in [5, 5.41) is 3.98. The van der Waals surface area contributed by atoms with Crippen LogP contribution < -0.4 is 0 Å². The summed E-state index contributed by atoms with van der Waals surface area (Å²) in [7, 11) is 0. The molecule has 2 heterocycles. The summed E-state index contributed by atoms with van der Waals surface area (Å²) < 4.78 is 1.71. The molecule has 43 valence electrons. The van der Waals surface area contributed by atoms with Crippen LogP contribution in [0, 0.1) is 6.20 Å². The lowest BCUT2D eigenvalue weighted by Crippen LogP contribution is -1.82. The van der Waals surface area contributed by atoms with Crippen LogP contribution in [0.5, 0.6) is 0 Å². The topological polar surface area (TPSA) is 17.3 Å². The fourth-order valence-electron chi connectivity index (χ4n) is 0.808. The van der Waals surface area contributed by atoms with E-state index in [4.69, 9.17) is 0 Å². The maximum atomic E-state index is 3.98. The van der Waals surface area contributed by atoms with Gasteiger partial charge in [-0.1, -0.05) is 6.07 Å². The third-order valence-electron chi connectivity index (χ3n) is 1.23. The Morgan fingerprint density at radius 1 is 1.44 bits per heavy atom. The Morgan fingerprint density at radius 3 is 3.33 bits per heavy atom. The first kappa shape index (κ1) is 4.56. The summed E-state index contributed by atoms with van der Waals surface area (Å²) in [6, 6.07) is 7.71.